The second-order valence-corrected chi connectivity index (χ2v) is 5.48. The number of methoxy groups -OCH3 is 2. The van der Waals surface area contributed by atoms with E-state index in [0.717, 1.165) is 12.8 Å². The third kappa shape index (κ3) is 4.66. The molecule has 0 aromatic carbocycles. The van der Waals surface area contributed by atoms with Gasteiger partial charge in [0.1, 0.15) is 5.56 Å². The molecular formula is C16H22FN5O3. The summed E-state index contributed by atoms with van der Waals surface area (Å²) in [6.07, 6.45) is 3.32. The summed E-state index contributed by atoms with van der Waals surface area (Å²) in [5.41, 5.74) is 5.99. The van der Waals surface area contributed by atoms with E-state index >= 15 is 0 Å². The van der Waals surface area contributed by atoms with Crippen LogP contribution in [-0.4, -0.2) is 41.5 Å². The van der Waals surface area contributed by atoms with Crippen LogP contribution in [0.3, 0.4) is 0 Å². The number of pyridine rings is 1. The fourth-order valence-electron chi connectivity index (χ4n) is 2.46. The van der Waals surface area contributed by atoms with E-state index in [1.165, 1.54) is 19.2 Å². The number of nitrogens with one attached hydrogen (secondary N) is 1. The van der Waals surface area contributed by atoms with E-state index in [0.29, 0.717) is 12.3 Å². The zero-order chi connectivity index (χ0) is 18.4. The van der Waals surface area contributed by atoms with Crippen LogP contribution in [0, 0.1) is 5.95 Å². The van der Waals surface area contributed by atoms with Crippen molar-refractivity contribution in [2.24, 2.45) is 5.73 Å². The lowest BCUT2D eigenvalue weighted by Crippen LogP contribution is -2.15. The van der Waals surface area contributed by atoms with Crippen LogP contribution in [0.2, 0.25) is 0 Å². The normalized spacial score (nSPS) is 12.0. The number of anilines is 2. The highest BCUT2D eigenvalue weighted by molar-refractivity contribution is 5.98. The summed E-state index contributed by atoms with van der Waals surface area (Å²) in [4.78, 5) is 15.3. The number of carbonyl (C=O) groups is 1. The van der Waals surface area contributed by atoms with Crippen LogP contribution in [0.5, 0.6) is 5.88 Å². The lowest BCUT2D eigenvalue weighted by Gasteiger charge is -2.15. The van der Waals surface area contributed by atoms with E-state index in [2.05, 4.69) is 15.4 Å². The first-order valence-electron chi connectivity index (χ1n) is 7.85. The van der Waals surface area contributed by atoms with Gasteiger partial charge in [-0.25, -0.2) is 0 Å². The number of rotatable bonds is 9. The third-order valence-electron chi connectivity index (χ3n) is 3.59. The van der Waals surface area contributed by atoms with Crippen molar-refractivity contribution in [2.75, 3.05) is 26.1 Å². The lowest BCUT2D eigenvalue weighted by atomic mass is 10.2. The van der Waals surface area contributed by atoms with Crippen molar-refractivity contribution in [3.8, 4) is 5.88 Å². The van der Waals surface area contributed by atoms with E-state index < -0.39 is 11.9 Å². The van der Waals surface area contributed by atoms with Crippen LogP contribution < -0.4 is 15.8 Å². The number of ether oxygens (including phenoxy) is 2. The maximum Gasteiger partial charge on any atom is 0.254 e. The Hall–Kier alpha value is -2.68. The number of amides is 1. The fourth-order valence-corrected chi connectivity index (χ4v) is 2.46. The van der Waals surface area contributed by atoms with Crippen molar-refractivity contribution in [3.63, 3.8) is 0 Å². The monoisotopic (exact) mass is 351 g/mol. The van der Waals surface area contributed by atoms with Gasteiger partial charge in [-0.3, -0.25) is 9.48 Å². The van der Waals surface area contributed by atoms with Gasteiger partial charge in [0.2, 0.25) is 11.8 Å². The molecular weight excluding hydrogens is 329 g/mol. The molecule has 1 atom stereocenters. The fraction of sp³-hybridized carbons (Fsp3) is 0.438. The number of halogens is 1. The first-order valence-corrected chi connectivity index (χ1v) is 7.85. The molecule has 9 heteroatoms. The van der Waals surface area contributed by atoms with Gasteiger partial charge in [-0.05, 0) is 6.42 Å². The Kier molecular flexibility index (Phi) is 6.29. The third-order valence-corrected chi connectivity index (χ3v) is 3.59. The smallest absolute Gasteiger partial charge is 0.254 e. The largest absolute Gasteiger partial charge is 0.481 e. The second-order valence-electron chi connectivity index (χ2n) is 5.48. The lowest BCUT2D eigenvalue weighted by molar-refractivity contribution is 0.100. The van der Waals surface area contributed by atoms with Crippen molar-refractivity contribution in [3.05, 3.63) is 29.8 Å². The summed E-state index contributed by atoms with van der Waals surface area (Å²) in [7, 11) is 2.99. The molecule has 25 heavy (non-hydrogen) atoms. The molecule has 0 aliphatic heterocycles. The second kappa shape index (κ2) is 8.43. The Balaban J connectivity index is 2.36. The Bertz CT molecular complexity index is 729. The molecule has 2 aromatic rings. The van der Waals surface area contributed by atoms with Crippen molar-refractivity contribution in [2.45, 2.75) is 25.8 Å². The average molecular weight is 351 g/mol. The number of nitrogens with zero attached hydrogens (tertiary/aromatic N) is 3. The number of carbonyl (C=O) groups excluding carboxylic acids is 1. The van der Waals surface area contributed by atoms with Crippen LogP contribution >= 0.6 is 0 Å². The predicted octanol–water partition coefficient (Wildman–Crippen LogP) is 2.26. The van der Waals surface area contributed by atoms with E-state index in [9.17, 15) is 9.18 Å². The maximum absolute atomic E-state index is 13.5. The molecule has 0 aliphatic carbocycles. The Morgan fingerprint density at radius 3 is 2.80 bits per heavy atom. The topological polar surface area (TPSA) is 104 Å². The van der Waals surface area contributed by atoms with Crippen LogP contribution in [0.15, 0.2) is 18.3 Å². The van der Waals surface area contributed by atoms with Crippen LogP contribution in [0.4, 0.5) is 15.9 Å². The molecule has 0 radical (unpaired) electrons. The highest BCUT2D eigenvalue weighted by Gasteiger charge is 2.19. The first kappa shape index (κ1) is 18.7. The zero-order valence-corrected chi connectivity index (χ0v) is 14.5. The molecule has 1 amide bonds. The van der Waals surface area contributed by atoms with Crippen molar-refractivity contribution >= 4 is 17.4 Å². The highest BCUT2D eigenvalue weighted by Crippen LogP contribution is 2.25. The Morgan fingerprint density at radius 1 is 1.44 bits per heavy atom. The van der Waals surface area contributed by atoms with Gasteiger partial charge >= 0.3 is 0 Å². The van der Waals surface area contributed by atoms with Gasteiger partial charge in [0.15, 0.2) is 5.82 Å². The standard InChI is InChI=1S/C16H22FN5O3/c1-4-5-11(9-24-2)22-8-12(15(18)23)16(21-22)19-10-6-13(17)20-14(7-10)25-3/h6-8,11H,4-5,9H2,1-3H3,(H2,18,23)(H,19,20,21). The number of primary amides is 1. The molecule has 2 rings (SSSR count). The summed E-state index contributed by atoms with van der Waals surface area (Å²) in [5.74, 6) is -1.02. The Labute approximate surface area is 145 Å². The molecule has 0 saturated heterocycles. The van der Waals surface area contributed by atoms with Crippen LogP contribution in [-0.2, 0) is 4.74 Å². The number of nitrogens with two attached hydrogens (primary N) is 1. The van der Waals surface area contributed by atoms with Gasteiger partial charge < -0.3 is 20.5 Å². The summed E-state index contributed by atoms with van der Waals surface area (Å²) in [6.45, 7) is 2.50. The summed E-state index contributed by atoms with van der Waals surface area (Å²) >= 11 is 0. The quantitative estimate of drug-likeness (QED) is 0.672. The number of hydrogen-bond donors (Lipinski definition) is 2. The minimum atomic E-state index is -0.717. The average Bonchev–Trinajstić information content (AvgIpc) is 2.98. The Morgan fingerprint density at radius 2 is 2.20 bits per heavy atom. The highest BCUT2D eigenvalue weighted by atomic mass is 19.1. The van der Waals surface area contributed by atoms with Gasteiger partial charge in [0.05, 0.1) is 19.8 Å². The van der Waals surface area contributed by atoms with Gasteiger partial charge in [0.25, 0.3) is 5.91 Å². The van der Waals surface area contributed by atoms with Crippen molar-refractivity contribution < 1.29 is 18.7 Å². The molecule has 3 N–H and O–H groups in total. The number of hydrogen-bond acceptors (Lipinski definition) is 6. The van der Waals surface area contributed by atoms with E-state index in [1.807, 2.05) is 6.92 Å². The van der Waals surface area contributed by atoms with Crippen molar-refractivity contribution in [1.29, 1.82) is 0 Å². The molecule has 0 saturated carbocycles. The van der Waals surface area contributed by atoms with Crippen molar-refractivity contribution in [1.82, 2.24) is 14.8 Å². The molecule has 2 aromatic heterocycles. The molecule has 0 fully saturated rings. The molecule has 136 valence electrons. The molecule has 8 nitrogen and oxygen atoms in total. The predicted molar refractivity (Wildman–Crippen MR) is 90.6 cm³/mol. The maximum atomic E-state index is 13.5. The molecule has 1 unspecified atom stereocenters. The van der Waals surface area contributed by atoms with E-state index in [1.54, 1.807) is 18.0 Å². The summed E-state index contributed by atoms with van der Waals surface area (Å²) < 4.78 is 25.3. The van der Waals surface area contributed by atoms with Crippen LogP contribution in [0.1, 0.15) is 36.2 Å². The first-order chi connectivity index (χ1) is 12.0. The minimum Gasteiger partial charge on any atom is -0.481 e. The molecule has 0 spiro atoms. The van der Waals surface area contributed by atoms with Gasteiger partial charge in [-0.2, -0.15) is 14.5 Å². The van der Waals surface area contributed by atoms with Crippen LogP contribution in [0.25, 0.3) is 0 Å². The zero-order valence-electron chi connectivity index (χ0n) is 14.5. The van der Waals surface area contributed by atoms with Gasteiger partial charge in [0, 0.05) is 31.1 Å². The molecule has 0 bridgehead atoms. The van der Waals surface area contributed by atoms with E-state index in [4.69, 9.17) is 15.2 Å². The SMILES string of the molecule is CCCC(COC)n1cc(C(N)=O)c(Nc2cc(F)nc(OC)c2)n1. The number of aromatic nitrogens is 3. The van der Waals surface area contributed by atoms with Gasteiger partial charge in [-0.15, -0.1) is 0 Å². The minimum absolute atomic E-state index is 0.0348. The molecule has 0 aliphatic rings. The summed E-state index contributed by atoms with van der Waals surface area (Å²) in [5, 5.41) is 7.29. The van der Waals surface area contributed by atoms with Gasteiger partial charge in [-0.1, -0.05) is 13.3 Å². The summed E-state index contributed by atoms with van der Waals surface area (Å²) in [6, 6.07) is 2.63. The molecule has 2 heterocycles. The van der Waals surface area contributed by atoms with E-state index in [-0.39, 0.29) is 23.3 Å².